The van der Waals surface area contributed by atoms with Crippen LogP contribution in [0.25, 0.3) is 0 Å². The molecule has 0 spiro atoms. The van der Waals surface area contributed by atoms with E-state index in [1.807, 2.05) is 0 Å². The van der Waals surface area contributed by atoms with Gasteiger partial charge in [-0.25, -0.2) is 9.18 Å². The summed E-state index contributed by atoms with van der Waals surface area (Å²) in [6, 6.07) is 4.03. The van der Waals surface area contributed by atoms with Gasteiger partial charge in [-0.15, -0.1) is 0 Å². The largest absolute Gasteiger partial charge is 0.494 e. The lowest BCUT2D eigenvalue weighted by Gasteiger charge is -2.15. The van der Waals surface area contributed by atoms with Crippen LogP contribution in [0.2, 0.25) is 0 Å². The molecule has 3 rings (SSSR count). The zero-order valence-electron chi connectivity index (χ0n) is 13.8. The molecular formula is C17H18FN3O4. The van der Waals surface area contributed by atoms with Crippen LogP contribution in [0.3, 0.4) is 0 Å². The van der Waals surface area contributed by atoms with Gasteiger partial charge in [0.1, 0.15) is 5.69 Å². The highest BCUT2D eigenvalue weighted by atomic mass is 19.1. The van der Waals surface area contributed by atoms with E-state index < -0.39 is 23.7 Å². The van der Waals surface area contributed by atoms with Crippen molar-refractivity contribution >= 4 is 11.9 Å². The SMILES string of the molecule is COc1ccc(C(NC(=O)c2cc(C3CC3)n(C)n2)C(=O)O)cc1F. The van der Waals surface area contributed by atoms with E-state index in [1.54, 1.807) is 17.8 Å². The Morgan fingerprint density at radius 3 is 2.68 bits per heavy atom. The van der Waals surface area contributed by atoms with Gasteiger partial charge in [-0.1, -0.05) is 6.07 Å². The molecule has 1 aromatic heterocycles. The molecule has 7 nitrogen and oxygen atoms in total. The number of carbonyl (C=O) groups is 2. The Bertz CT molecular complexity index is 829. The van der Waals surface area contributed by atoms with Crippen molar-refractivity contribution in [2.75, 3.05) is 7.11 Å². The molecule has 1 amide bonds. The molecule has 2 N–H and O–H groups in total. The van der Waals surface area contributed by atoms with Crippen molar-refractivity contribution < 1.29 is 23.8 Å². The van der Waals surface area contributed by atoms with Gasteiger partial charge in [0.2, 0.25) is 0 Å². The van der Waals surface area contributed by atoms with E-state index in [2.05, 4.69) is 10.4 Å². The highest BCUT2D eigenvalue weighted by Crippen LogP contribution is 2.39. The minimum Gasteiger partial charge on any atom is -0.494 e. The van der Waals surface area contributed by atoms with Crippen LogP contribution in [0.5, 0.6) is 5.75 Å². The lowest BCUT2D eigenvalue weighted by Crippen LogP contribution is -2.34. The number of aryl methyl sites for hydroxylation is 1. The molecule has 0 bridgehead atoms. The fourth-order valence-corrected chi connectivity index (χ4v) is 2.71. The second-order valence-corrected chi connectivity index (χ2v) is 5.99. The third-order valence-electron chi connectivity index (χ3n) is 4.18. The smallest absolute Gasteiger partial charge is 0.330 e. The van der Waals surface area contributed by atoms with Crippen LogP contribution in [-0.2, 0) is 11.8 Å². The van der Waals surface area contributed by atoms with Crippen molar-refractivity contribution in [3.63, 3.8) is 0 Å². The summed E-state index contributed by atoms with van der Waals surface area (Å²) in [5.74, 6) is -2.21. The maximum atomic E-state index is 13.8. The summed E-state index contributed by atoms with van der Waals surface area (Å²) in [7, 11) is 3.06. The molecule has 1 saturated carbocycles. The van der Waals surface area contributed by atoms with E-state index in [9.17, 15) is 19.1 Å². The number of hydrogen-bond acceptors (Lipinski definition) is 4. The molecule has 25 heavy (non-hydrogen) atoms. The number of aliphatic carboxylic acids is 1. The van der Waals surface area contributed by atoms with E-state index >= 15 is 0 Å². The van der Waals surface area contributed by atoms with E-state index in [1.165, 1.54) is 19.2 Å². The van der Waals surface area contributed by atoms with Crippen LogP contribution in [0, 0.1) is 5.82 Å². The number of halogens is 1. The van der Waals surface area contributed by atoms with Crippen LogP contribution in [-0.4, -0.2) is 33.9 Å². The molecule has 1 unspecified atom stereocenters. The number of hydrogen-bond donors (Lipinski definition) is 2. The first-order valence-corrected chi connectivity index (χ1v) is 7.81. The van der Waals surface area contributed by atoms with Gasteiger partial charge in [-0.05, 0) is 36.6 Å². The summed E-state index contributed by atoms with van der Waals surface area (Å²) in [6.07, 6.45) is 2.12. The Morgan fingerprint density at radius 1 is 1.40 bits per heavy atom. The fraction of sp³-hybridized carbons (Fsp3) is 0.353. The van der Waals surface area contributed by atoms with Gasteiger partial charge in [-0.3, -0.25) is 9.48 Å². The number of carboxylic acid groups (broad SMARTS) is 1. The molecule has 1 aromatic carbocycles. The zero-order chi connectivity index (χ0) is 18.1. The first-order valence-electron chi connectivity index (χ1n) is 7.81. The fourth-order valence-electron chi connectivity index (χ4n) is 2.71. The van der Waals surface area contributed by atoms with Crippen molar-refractivity contribution in [3.8, 4) is 5.75 Å². The molecule has 1 aliphatic carbocycles. The van der Waals surface area contributed by atoms with Crippen LogP contribution in [0.1, 0.15) is 46.5 Å². The van der Waals surface area contributed by atoms with Gasteiger partial charge in [0.05, 0.1) is 7.11 Å². The Morgan fingerprint density at radius 2 is 2.12 bits per heavy atom. The molecule has 1 aliphatic rings. The number of nitrogens with one attached hydrogen (secondary N) is 1. The van der Waals surface area contributed by atoms with Crippen LogP contribution < -0.4 is 10.1 Å². The van der Waals surface area contributed by atoms with Crippen molar-refractivity contribution in [1.29, 1.82) is 0 Å². The quantitative estimate of drug-likeness (QED) is 0.834. The zero-order valence-corrected chi connectivity index (χ0v) is 13.8. The van der Waals surface area contributed by atoms with Crippen molar-refractivity contribution in [2.45, 2.75) is 24.8 Å². The second kappa shape index (κ2) is 6.54. The summed E-state index contributed by atoms with van der Waals surface area (Å²) < 4.78 is 20.3. The van der Waals surface area contributed by atoms with E-state index in [4.69, 9.17) is 4.74 Å². The summed E-state index contributed by atoms with van der Waals surface area (Å²) in [5.41, 5.74) is 1.20. The standard InChI is InChI=1S/C17H18FN3O4/c1-21-13(9-3-4-9)8-12(20-21)16(22)19-15(17(23)24)10-5-6-14(25-2)11(18)7-10/h5-9,15H,3-4H2,1-2H3,(H,19,22)(H,23,24). The monoisotopic (exact) mass is 347 g/mol. The van der Waals surface area contributed by atoms with Gasteiger partial charge in [0, 0.05) is 18.7 Å². The normalized spacial score (nSPS) is 14.8. The van der Waals surface area contributed by atoms with Crippen molar-refractivity contribution in [1.82, 2.24) is 15.1 Å². The molecule has 2 aromatic rings. The number of methoxy groups -OCH3 is 1. The lowest BCUT2D eigenvalue weighted by atomic mass is 10.1. The first kappa shape index (κ1) is 16.9. The van der Waals surface area contributed by atoms with Gasteiger partial charge < -0.3 is 15.2 Å². The molecule has 1 fully saturated rings. The molecule has 1 heterocycles. The molecule has 0 aliphatic heterocycles. The van der Waals surface area contributed by atoms with E-state index in [0.717, 1.165) is 24.6 Å². The molecule has 0 radical (unpaired) electrons. The van der Waals surface area contributed by atoms with Crippen molar-refractivity contribution in [3.05, 3.63) is 47.0 Å². The number of benzene rings is 1. The van der Waals surface area contributed by atoms with Gasteiger partial charge >= 0.3 is 5.97 Å². The molecular weight excluding hydrogens is 329 g/mol. The topological polar surface area (TPSA) is 93.5 Å². The summed E-state index contributed by atoms with van der Waals surface area (Å²) in [5, 5.41) is 15.9. The van der Waals surface area contributed by atoms with E-state index in [-0.39, 0.29) is 17.0 Å². The number of carbonyl (C=O) groups excluding carboxylic acids is 1. The third kappa shape index (κ3) is 3.47. The van der Waals surface area contributed by atoms with Gasteiger partial charge in [0.25, 0.3) is 5.91 Å². The predicted molar refractivity (Wildman–Crippen MR) is 86.0 cm³/mol. The number of carboxylic acids is 1. The van der Waals surface area contributed by atoms with Crippen LogP contribution in [0.15, 0.2) is 24.3 Å². The highest BCUT2D eigenvalue weighted by molar-refractivity contribution is 5.95. The Balaban J connectivity index is 1.82. The van der Waals surface area contributed by atoms with E-state index in [0.29, 0.717) is 5.92 Å². The minimum absolute atomic E-state index is 0.00184. The second-order valence-electron chi connectivity index (χ2n) is 5.99. The van der Waals surface area contributed by atoms with Gasteiger partial charge in [0.15, 0.2) is 17.6 Å². The number of nitrogens with zero attached hydrogens (tertiary/aromatic N) is 2. The third-order valence-corrected chi connectivity index (χ3v) is 4.18. The Labute approximate surface area is 143 Å². The maximum absolute atomic E-state index is 13.8. The molecule has 0 saturated heterocycles. The Kier molecular flexibility index (Phi) is 4.43. The van der Waals surface area contributed by atoms with Gasteiger partial charge in [-0.2, -0.15) is 5.10 Å². The number of rotatable bonds is 6. The lowest BCUT2D eigenvalue weighted by molar-refractivity contribution is -0.139. The van der Waals surface area contributed by atoms with Crippen molar-refractivity contribution in [2.24, 2.45) is 7.05 Å². The Hall–Kier alpha value is -2.90. The average molecular weight is 347 g/mol. The number of aromatic nitrogens is 2. The predicted octanol–water partition coefficient (Wildman–Crippen LogP) is 2.00. The van der Waals surface area contributed by atoms with Crippen LogP contribution in [0.4, 0.5) is 4.39 Å². The molecule has 8 heteroatoms. The first-order chi connectivity index (χ1) is 11.9. The summed E-state index contributed by atoms with van der Waals surface area (Å²) in [6.45, 7) is 0. The number of ether oxygens (including phenoxy) is 1. The summed E-state index contributed by atoms with van der Waals surface area (Å²) in [4.78, 5) is 23.9. The minimum atomic E-state index is -1.39. The maximum Gasteiger partial charge on any atom is 0.330 e. The number of amides is 1. The molecule has 1 atom stereocenters. The van der Waals surface area contributed by atoms with Crippen LogP contribution >= 0.6 is 0 Å². The average Bonchev–Trinajstić information content (AvgIpc) is 3.34. The summed E-state index contributed by atoms with van der Waals surface area (Å²) >= 11 is 0. The highest BCUT2D eigenvalue weighted by Gasteiger charge is 2.30. The molecule has 132 valence electrons.